The van der Waals surface area contributed by atoms with Gasteiger partial charge in [0.05, 0.1) is 10.6 Å². The van der Waals surface area contributed by atoms with Crippen LogP contribution >= 0.6 is 0 Å². The van der Waals surface area contributed by atoms with Gasteiger partial charge in [0.1, 0.15) is 11.6 Å². The molecule has 0 atom stereocenters. The van der Waals surface area contributed by atoms with Gasteiger partial charge in [-0.3, -0.25) is 4.79 Å². The Morgan fingerprint density at radius 3 is 2.60 bits per heavy atom. The second-order valence-corrected chi connectivity index (χ2v) is 6.93. The number of nitrogens with two attached hydrogens (primary N) is 1. The van der Waals surface area contributed by atoms with E-state index < -0.39 is 27.3 Å². The fraction of sp³-hybridized carbons (Fsp3) is 0.462. The molecule has 0 unspecified atom stereocenters. The third kappa shape index (κ3) is 4.80. The molecule has 20 heavy (non-hydrogen) atoms. The number of carbonyl (C=O) groups is 1. The molecule has 3 N–H and O–H groups in total. The zero-order chi connectivity index (χ0) is 15.3. The smallest absolute Gasteiger partial charge is 0.235 e. The first-order chi connectivity index (χ1) is 9.22. The van der Waals surface area contributed by atoms with Crippen LogP contribution in [0, 0.1) is 11.7 Å². The summed E-state index contributed by atoms with van der Waals surface area (Å²) in [6.07, 6.45) is 0.768. The van der Waals surface area contributed by atoms with E-state index in [0.29, 0.717) is 12.5 Å². The largest absolute Gasteiger partial charge is 0.398 e. The molecule has 5 nitrogen and oxygen atoms in total. The van der Waals surface area contributed by atoms with Gasteiger partial charge in [-0.1, -0.05) is 13.8 Å². The van der Waals surface area contributed by atoms with Crippen molar-refractivity contribution in [3.8, 4) is 0 Å². The molecule has 0 fully saturated rings. The van der Waals surface area contributed by atoms with Crippen molar-refractivity contribution in [3.05, 3.63) is 24.0 Å². The minimum atomic E-state index is -3.86. The number of hydrogen-bond acceptors (Lipinski definition) is 4. The lowest BCUT2D eigenvalue weighted by Crippen LogP contribution is -2.31. The fourth-order valence-corrected chi connectivity index (χ4v) is 2.90. The zero-order valence-corrected chi connectivity index (χ0v) is 12.3. The maximum Gasteiger partial charge on any atom is 0.235 e. The monoisotopic (exact) mass is 302 g/mol. The van der Waals surface area contributed by atoms with Gasteiger partial charge in [-0.25, -0.2) is 12.8 Å². The van der Waals surface area contributed by atoms with E-state index in [0.717, 1.165) is 24.6 Å². The average Bonchev–Trinajstić information content (AvgIpc) is 2.26. The molecular formula is C13H19FN2O3S. The molecule has 1 aromatic carbocycles. The van der Waals surface area contributed by atoms with Gasteiger partial charge in [-0.15, -0.1) is 0 Å². The third-order valence-electron chi connectivity index (χ3n) is 2.67. The summed E-state index contributed by atoms with van der Waals surface area (Å²) in [7, 11) is -3.86. The molecule has 7 heteroatoms. The first kappa shape index (κ1) is 16.4. The molecule has 0 saturated heterocycles. The summed E-state index contributed by atoms with van der Waals surface area (Å²) in [5.41, 5.74) is 5.28. The Labute approximate surface area is 118 Å². The highest BCUT2D eigenvalue weighted by atomic mass is 32.2. The Bertz CT molecular complexity index is 585. The number of amides is 1. The molecule has 0 aliphatic carbocycles. The van der Waals surface area contributed by atoms with Crippen LogP contribution in [0.5, 0.6) is 0 Å². The molecule has 1 aromatic rings. The second-order valence-electron chi connectivity index (χ2n) is 4.97. The molecule has 0 aliphatic rings. The van der Waals surface area contributed by atoms with Crippen molar-refractivity contribution < 1.29 is 17.6 Å². The number of hydrogen-bond donors (Lipinski definition) is 2. The fourth-order valence-electron chi connectivity index (χ4n) is 1.60. The van der Waals surface area contributed by atoms with E-state index in [1.165, 1.54) is 0 Å². The summed E-state index contributed by atoms with van der Waals surface area (Å²) in [5, 5.41) is 2.54. The molecule has 0 bridgehead atoms. The summed E-state index contributed by atoms with van der Waals surface area (Å²) in [5.74, 6) is -1.49. The van der Waals surface area contributed by atoms with Crippen LogP contribution < -0.4 is 11.1 Å². The lowest BCUT2D eigenvalue weighted by atomic mass is 10.1. The van der Waals surface area contributed by atoms with E-state index in [9.17, 15) is 17.6 Å². The Kier molecular flexibility index (Phi) is 5.50. The van der Waals surface area contributed by atoms with Crippen LogP contribution in [0.3, 0.4) is 0 Å². The Morgan fingerprint density at radius 2 is 2.05 bits per heavy atom. The van der Waals surface area contributed by atoms with Crippen molar-refractivity contribution in [1.82, 2.24) is 5.32 Å². The van der Waals surface area contributed by atoms with E-state index in [-0.39, 0.29) is 10.6 Å². The number of nitrogens with one attached hydrogen (secondary N) is 1. The number of nitrogen functional groups attached to an aromatic ring is 1. The molecule has 1 amide bonds. The highest BCUT2D eigenvalue weighted by Crippen LogP contribution is 2.20. The van der Waals surface area contributed by atoms with Gasteiger partial charge >= 0.3 is 0 Å². The number of rotatable bonds is 6. The Morgan fingerprint density at radius 1 is 1.40 bits per heavy atom. The minimum absolute atomic E-state index is 0.194. The predicted octanol–water partition coefficient (Wildman–Crippen LogP) is 1.34. The minimum Gasteiger partial charge on any atom is -0.398 e. The molecule has 112 valence electrons. The van der Waals surface area contributed by atoms with Crippen LogP contribution in [0.1, 0.15) is 20.3 Å². The maximum absolute atomic E-state index is 12.9. The molecule has 0 heterocycles. The van der Waals surface area contributed by atoms with Gasteiger partial charge in [-0.2, -0.15) is 0 Å². The Balaban J connectivity index is 2.72. The van der Waals surface area contributed by atoms with Gasteiger partial charge in [0.15, 0.2) is 9.84 Å². The van der Waals surface area contributed by atoms with E-state index >= 15 is 0 Å². The normalized spacial score (nSPS) is 11.6. The van der Waals surface area contributed by atoms with Crippen molar-refractivity contribution in [2.75, 3.05) is 18.0 Å². The highest BCUT2D eigenvalue weighted by Gasteiger charge is 2.21. The van der Waals surface area contributed by atoms with Gasteiger partial charge in [0.2, 0.25) is 5.91 Å². The van der Waals surface area contributed by atoms with Gasteiger partial charge in [0, 0.05) is 6.54 Å². The molecule has 0 radical (unpaired) electrons. The summed E-state index contributed by atoms with van der Waals surface area (Å²) >= 11 is 0. The second kappa shape index (κ2) is 6.69. The molecule has 0 aliphatic heterocycles. The van der Waals surface area contributed by atoms with Crippen molar-refractivity contribution in [1.29, 1.82) is 0 Å². The van der Waals surface area contributed by atoms with E-state index in [2.05, 4.69) is 5.32 Å². The van der Waals surface area contributed by atoms with Crippen molar-refractivity contribution in [2.24, 2.45) is 5.92 Å². The van der Waals surface area contributed by atoms with Gasteiger partial charge in [0.25, 0.3) is 0 Å². The third-order valence-corrected chi connectivity index (χ3v) is 4.36. The first-order valence-corrected chi connectivity index (χ1v) is 7.92. The lowest BCUT2D eigenvalue weighted by Gasteiger charge is -2.09. The number of carbonyl (C=O) groups excluding carboxylic acids is 1. The Hall–Kier alpha value is -1.63. The average molecular weight is 302 g/mol. The highest BCUT2D eigenvalue weighted by molar-refractivity contribution is 7.92. The van der Waals surface area contributed by atoms with Crippen LogP contribution in [0.15, 0.2) is 23.1 Å². The van der Waals surface area contributed by atoms with Crippen LogP contribution in [0.25, 0.3) is 0 Å². The summed E-state index contributed by atoms with van der Waals surface area (Å²) in [6, 6.07) is 2.99. The molecule has 0 saturated carbocycles. The van der Waals surface area contributed by atoms with Gasteiger partial charge < -0.3 is 11.1 Å². The zero-order valence-electron chi connectivity index (χ0n) is 11.5. The quantitative estimate of drug-likeness (QED) is 0.613. The predicted molar refractivity (Wildman–Crippen MR) is 75.3 cm³/mol. The van der Waals surface area contributed by atoms with Crippen molar-refractivity contribution in [3.63, 3.8) is 0 Å². The van der Waals surface area contributed by atoms with E-state index in [1.807, 2.05) is 13.8 Å². The first-order valence-electron chi connectivity index (χ1n) is 6.27. The van der Waals surface area contributed by atoms with Gasteiger partial charge in [-0.05, 0) is 30.5 Å². The standard InChI is InChI=1S/C13H19FN2O3S/c1-9(2)5-6-16-13(17)8-20(18,19)12-4-3-10(14)7-11(12)15/h3-4,7,9H,5-6,8,15H2,1-2H3,(H,16,17). The number of sulfone groups is 1. The SMILES string of the molecule is CC(C)CCNC(=O)CS(=O)(=O)c1ccc(F)cc1N. The summed E-state index contributed by atoms with van der Waals surface area (Å²) in [4.78, 5) is 11.4. The topological polar surface area (TPSA) is 89.3 Å². The van der Waals surface area contributed by atoms with Crippen LogP contribution in [-0.2, 0) is 14.6 Å². The number of anilines is 1. The van der Waals surface area contributed by atoms with Crippen LogP contribution in [0.2, 0.25) is 0 Å². The molecular weight excluding hydrogens is 283 g/mol. The maximum atomic E-state index is 12.9. The van der Waals surface area contributed by atoms with Crippen molar-refractivity contribution >= 4 is 21.4 Å². The van der Waals surface area contributed by atoms with Crippen LogP contribution in [0.4, 0.5) is 10.1 Å². The summed E-state index contributed by atoms with van der Waals surface area (Å²) in [6.45, 7) is 4.43. The molecule has 1 rings (SSSR count). The number of benzene rings is 1. The number of halogens is 1. The summed E-state index contributed by atoms with van der Waals surface area (Å²) < 4.78 is 36.9. The van der Waals surface area contributed by atoms with E-state index in [4.69, 9.17) is 5.73 Å². The lowest BCUT2D eigenvalue weighted by molar-refractivity contribution is -0.118. The van der Waals surface area contributed by atoms with Crippen molar-refractivity contribution in [2.45, 2.75) is 25.2 Å². The van der Waals surface area contributed by atoms with Crippen LogP contribution in [-0.4, -0.2) is 26.6 Å². The van der Waals surface area contributed by atoms with E-state index in [1.54, 1.807) is 0 Å². The molecule has 0 aromatic heterocycles. The molecule has 0 spiro atoms.